The maximum atomic E-state index is 12.4. The van der Waals surface area contributed by atoms with Crippen molar-refractivity contribution >= 4 is 17.2 Å². The summed E-state index contributed by atoms with van der Waals surface area (Å²) in [7, 11) is 0. The molecule has 3 rings (SSSR count). The van der Waals surface area contributed by atoms with Gasteiger partial charge < -0.3 is 5.32 Å². The number of nitrogens with zero attached hydrogens (tertiary/aromatic N) is 2. The summed E-state index contributed by atoms with van der Waals surface area (Å²) < 4.78 is 0. The summed E-state index contributed by atoms with van der Waals surface area (Å²) in [4.78, 5) is 17.8. The molecule has 19 heavy (non-hydrogen) atoms. The number of carbonyl (C=O) groups excluding carboxylic acids is 1. The van der Waals surface area contributed by atoms with Crippen LogP contribution >= 0.6 is 11.3 Å². The molecule has 2 aromatic rings. The van der Waals surface area contributed by atoms with E-state index in [-0.39, 0.29) is 17.9 Å². The highest BCUT2D eigenvalue weighted by Gasteiger charge is 2.28. The first kappa shape index (κ1) is 12.3. The van der Waals surface area contributed by atoms with E-state index in [9.17, 15) is 4.79 Å². The monoisotopic (exact) mass is 276 g/mol. The predicted octanol–water partition coefficient (Wildman–Crippen LogP) is 2.16. The van der Waals surface area contributed by atoms with E-state index in [4.69, 9.17) is 0 Å². The summed E-state index contributed by atoms with van der Waals surface area (Å²) >= 11 is 1.75. The third-order valence-corrected chi connectivity index (χ3v) is 4.57. The van der Waals surface area contributed by atoms with E-state index in [0.717, 1.165) is 19.3 Å². The van der Waals surface area contributed by atoms with Gasteiger partial charge in [-0.15, -0.1) is 11.3 Å². The van der Waals surface area contributed by atoms with Gasteiger partial charge in [0.2, 0.25) is 5.91 Å². The number of aromatic amines is 1. The van der Waals surface area contributed by atoms with E-state index in [0.29, 0.717) is 5.82 Å². The average molecular weight is 276 g/mol. The Labute approximate surface area is 115 Å². The average Bonchev–Trinajstić information content (AvgIpc) is 3.08. The van der Waals surface area contributed by atoms with Crippen LogP contribution in [0.1, 0.15) is 48.0 Å². The number of thiophene rings is 1. The van der Waals surface area contributed by atoms with Crippen molar-refractivity contribution in [2.75, 3.05) is 0 Å². The summed E-state index contributed by atoms with van der Waals surface area (Å²) in [6, 6.07) is 1.95. The Bertz CT molecular complexity index is 563. The number of amides is 1. The van der Waals surface area contributed by atoms with Crippen molar-refractivity contribution in [2.45, 2.75) is 38.1 Å². The van der Waals surface area contributed by atoms with E-state index in [1.54, 1.807) is 11.3 Å². The zero-order valence-electron chi connectivity index (χ0n) is 10.7. The zero-order chi connectivity index (χ0) is 13.2. The van der Waals surface area contributed by atoms with E-state index >= 15 is 0 Å². The van der Waals surface area contributed by atoms with Crippen molar-refractivity contribution in [3.8, 4) is 0 Å². The Hall–Kier alpha value is -1.69. The van der Waals surface area contributed by atoms with Crippen LogP contribution in [0.5, 0.6) is 0 Å². The number of fused-ring (bicyclic) bond motifs is 1. The number of rotatable bonds is 3. The lowest BCUT2D eigenvalue weighted by atomic mass is 9.87. The number of hydrogen-bond acceptors (Lipinski definition) is 4. The number of H-pyrrole nitrogens is 1. The Morgan fingerprint density at radius 3 is 3.32 bits per heavy atom. The standard InChI is InChI=1S/C13H16N4OS/c1-8(12-14-7-15-17-12)16-13(18)10-3-2-4-11-9(10)5-6-19-11/h5-8,10H,2-4H2,1H3,(H,16,18)(H,14,15,17). The van der Waals surface area contributed by atoms with Gasteiger partial charge in [0.25, 0.3) is 0 Å². The first-order valence-corrected chi connectivity index (χ1v) is 7.35. The number of hydrogen-bond donors (Lipinski definition) is 2. The topological polar surface area (TPSA) is 70.7 Å². The normalized spacial score (nSPS) is 19.7. The molecule has 0 aromatic carbocycles. The van der Waals surface area contributed by atoms with Crippen LogP contribution < -0.4 is 5.32 Å². The van der Waals surface area contributed by atoms with Crippen LogP contribution in [0.3, 0.4) is 0 Å². The van der Waals surface area contributed by atoms with Crippen molar-refractivity contribution < 1.29 is 4.79 Å². The minimum Gasteiger partial charge on any atom is -0.346 e. The van der Waals surface area contributed by atoms with Gasteiger partial charge in [0.1, 0.15) is 12.2 Å². The molecule has 6 heteroatoms. The summed E-state index contributed by atoms with van der Waals surface area (Å²) in [5.41, 5.74) is 1.21. The van der Waals surface area contributed by atoms with Crippen molar-refractivity contribution in [3.05, 3.63) is 34.0 Å². The van der Waals surface area contributed by atoms with Crippen LogP contribution in [0.2, 0.25) is 0 Å². The highest BCUT2D eigenvalue weighted by Crippen LogP contribution is 2.35. The molecular formula is C13H16N4OS. The number of aromatic nitrogens is 3. The predicted molar refractivity (Wildman–Crippen MR) is 72.9 cm³/mol. The molecule has 1 aliphatic carbocycles. The molecule has 0 aliphatic heterocycles. The van der Waals surface area contributed by atoms with Gasteiger partial charge in [-0.1, -0.05) is 0 Å². The number of aryl methyl sites for hydroxylation is 1. The van der Waals surface area contributed by atoms with Gasteiger partial charge in [-0.05, 0) is 43.2 Å². The molecule has 2 heterocycles. The second kappa shape index (κ2) is 5.13. The van der Waals surface area contributed by atoms with Crippen molar-refractivity contribution in [1.82, 2.24) is 20.5 Å². The van der Waals surface area contributed by atoms with E-state index in [1.165, 1.54) is 16.8 Å². The Morgan fingerprint density at radius 1 is 1.63 bits per heavy atom. The molecule has 0 spiro atoms. The Morgan fingerprint density at radius 2 is 2.53 bits per heavy atom. The smallest absolute Gasteiger partial charge is 0.228 e. The van der Waals surface area contributed by atoms with Gasteiger partial charge in [-0.25, -0.2) is 4.98 Å². The summed E-state index contributed by atoms with van der Waals surface area (Å²) in [6.07, 6.45) is 4.57. The molecule has 0 radical (unpaired) electrons. The van der Waals surface area contributed by atoms with E-state index in [1.807, 2.05) is 6.92 Å². The maximum absolute atomic E-state index is 12.4. The third-order valence-electron chi connectivity index (χ3n) is 3.57. The van der Waals surface area contributed by atoms with Crippen LogP contribution in [-0.4, -0.2) is 21.1 Å². The minimum absolute atomic E-state index is 0.0135. The highest BCUT2D eigenvalue weighted by molar-refractivity contribution is 7.10. The lowest BCUT2D eigenvalue weighted by molar-refractivity contribution is -0.123. The fraction of sp³-hybridized carbons (Fsp3) is 0.462. The van der Waals surface area contributed by atoms with E-state index < -0.39 is 0 Å². The Kier molecular flexibility index (Phi) is 3.33. The molecule has 5 nitrogen and oxygen atoms in total. The number of carbonyl (C=O) groups is 1. The molecule has 100 valence electrons. The molecule has 0 bridgehead atoms. The summed E-state index contributed by atoms with van der Waals surface area (Å²) in [6.45, 7) is 1.91. The fourth-order valence-corrected chi connectivity index (χ4v) is 3.55. The second-order valence-corrected chi connectivity index (χ2v) is 5.85. The van der Waals surface area contributed by atoms with Gasteiger partial charge in [0, 0.05) is 4.88 Å². The second-order valence-electron chi connectivity index (χ2n) is 4.84. The third kappa shape index (κ3) is 2.40. The van der Waals surface area contributed by atoms with Crippen LogP contribution in [0.4, 0.5) is 0 Å². The minimum atomic E-state index is -0.140. The molecular weight excluding hydrogens is 260 g/mol. The van der Waals surface area contributed by atoms with Gasteiger partial charge in [-0.2, -0.15) is 5.10 Å². The molecule has 1 amide bonds. The van der Waals surface area contributed by atoms with Crippen LogP contribution in [-0.2, 0) is 11.2 Å². The lowest BCUT2D eigenvalue weighted by Crippen LogP contribution is -2.33. The molecule has 2 unspecified atom stereocenters. The highest BCUT2D eigenvalue weighted by atomic mass is 32.1. The van der Waals surface area contributed by atoms with Gasteiger partial charge >= 0.3 is 0 Å². The van der Waals surface area contributed by atoms with Crippen molar-refractivity contribution in [3.63, 3.8) is 0 Å². The summed E-state index contributed by atoms with van der Waals surface area (Å²) in [5, 5.41) is 11.7. The van der Waals surface area contributed by atoms with Crippen LogP contribution in [0, 0.1) is 0 Å². The maximum Gasteiger partial charge on any atom is 0.228 e. The molecule has 0 fully saturated rings. The lowest BCUT2D eigenvalue weighted by Gasteiger charge is -2.23. The molecule has 0 saturated carbocycles. The van der Waals surface area contributed by atoms with Crippen LogP contribution in [0.15, 0.2) is 17.8 Å². The molecule has 2 aromatic heterocycles. The molecule has 2 atom stereocenters. The first-order valence-electron chi connectivity index (χ1n) is 6.47. The first-order chi connectivity index (χ1) is 9.25. The quantitative estimate of drug-likeness (QED) is 0.902. The largest absolute Gasteiger partial charge is 0.346 e. The molecule has 0 saturated heterocycles. The summed E-state index contributed by atoms with van der Waals surface area (Å²) in [5.74, 6) is 0.762. The van der Waals surface area contributed by atoms with Crippen molar-refractivity contribution in [1.29, 1.82) is 0 Å². The van der Waals surface area contributed by atoms with Crippen LogP contribution in [0.25, 0.3) is 0 Å². The number of nitrogens with one attached hydrogen (secondary N) is 2. The van der Waals surface area contributed by atoms with Gasteiger partial charge in [0.05, 0.1) is 12.0 Å². The van der Waals surface area contributed by atoms with Gasteiger partial charge in [-0.3, -0.25) is 9.89 Å². The van der Waals surface area contributed by atoms with Gasteiger partial charge in [0.15, 0.2) is 0 Å². The molecule has 2 N–H and O–H groups in total. The Balaban J connectivity index is 1.72. The SMILES string of the molecule is CC(NC(=O)C1CCCc2sccc21)c1ncn[nH]1. The zero-order valence-corrected chi connectivity index (χ0v) is 11.5. The fourth-order valence-electron chi connectivity index (χ4n) is 2.56. The van der Waals surface area contributed by atoms with E-state index in [2.05, 4.69) is 31.9 Å². The molecule has 1 aliphatic rings. The van der Waals surface area contributed by atoms with Crippen molar-refractivity contribution in [2.24, 2.45) is 0 Å².